The van der Waals surface area contributed by atoms with E-state index in [1.54, 1.807) is 0 Å². The van der Waals surface area contributed by atoms with E-state index in [-0.39, 0.29) is 5.97 Å². The first-order valence-corrected chi connectivity index (χ1v) is 17.4. The minimum Gasteiger partial charge on any atom is -0.456 e. The highest BCUT2D eigenvalue weighted by Crippen LogP contribution is 2.56. The number of unbranched alkanes of at least 4 members (excludes halogenated alkanes) is 15. The largest absolute Gasteiger partial charge is 0.456 e. The Bertz CT molecular complexity index is 1370. The maximum atomic E-state index is 13.0. The summed E-state index contributed by atoms with van der Waals surface area (Å²) in [5.74, 6) is 1.11. The molecular weight excluding hydrogens is 544 g/mol. The fourth-order valence-corrected chi connectivity index (χ4v) is 6.85. The number of nitrogens with one attached hydrogen (secondary N) is 2. The van der Waals surface area contributed by atoms with E-state index < -0.39 is 5.60 Å². The summed E-state index contributed by atoms with van der Waals surface area (Å²) >= 11 is 0. The van der Waals surface area contributed by atoms with Crippen LogP contribution >= 0.6 is 0 Å². The molecular formula is C39H52N2O3. The first-order valence-electron chi connectivity index (χ1n) is 17.4. The van der Waals surface area contributed by atoms with Crippen LogP contribution < -0.4 is 15.4 Å². The maximum absolute atomic E-state index is 13.0. The number of anilines is 2. The number of fused-ring (bicyclic) bond motifs is 6. The molecule has 5 rings (SSSR count). The molecule has 0 aromatic heterocycles. The number of hydrogen-bond donors (Lipinski definition) is 2. The fraction of sp³-hybridized carbons (Fsp3) is 0.513. The van der Waals surface area contributed by atoms with Gasteiger partial charge in [0, 0.05) is 53.8 Å². The summed E-state index contributed by atoms with van der Waals surface area (Å²) in [4.78, 5) is 13.0. The summed E-state index contributed by atoms with van der Waals surface area (Å²) in [5.41, 5.74) is 4.11. The molecule has 1 unspecified atom stereocenters. The summed E-state index contributed by atoms with van der Waals surface area (Å²) in [6.07, 6.45) is 22.0. The van der Waals surface area contributed by atoms with Gasteiger partial charge in [-0.3, -0.25) is 0 Å². The van der Waals surface area contributed by atoms with Gasteiger partial charge in [-0.2, -0.15) is 0 Å². The van der Waals surface area contributed by atoms with Crippen LogP contribution in [0.3, 0.4) is 0 Å². The predicted octanol–water partition coefficient (Wildman–Crippen LogP) is 11.0. The Balaban J connectivity index is 1.07. The molecule has 5 heteroatoms. The standard InChI is InChI=1S/C39H52N2O3/c1-3-4-5-6-7-8-9-10-11-12-13-14-15-16-17-20-27-41-31-24-26-35-37(29-31)43-36-28-30(40-2)23-25-34(36)39(35)33-22-19-18-21-32(33)38(42)44-39/h18-19,21-26,28-29,40-41H,3-17,20,27H2,1-2H3. The lowest BCUT2D eigenvalue weighted by molar-refractivity contribution is 0.0224. The van der Waals surface area contributed by atoms with Crippen molar-refractivity contribution < 1.29 is 14.3 Å². The molecule has 0 aliphatic carbocycles. The highest BCUT2D eigenvalue weighted by Gasteiger charge is 2.53. The second-order valence-corrected chi connectivity index (χ2v) is 12.6. The second-order valence-electron chi connectivity index (χ2n) is 12.6. The molecule has 1 atom stereocenters. The van der Waals surface area contributed by atoms with Crippen molar-refractivity contribution in [3.8, 4) is 11.5 Å². The highest BCUT2D eigenvalue weighted by molar-refractivity contribution is 5.97. The van der Waals surface area contributed by atoms with Crippen LogP contribution in [0.5, 0.6) is 11.5 Å². The molecule has 0 fully saturated rings. The lowest BCUT2D eigenvalue weighted by Crippen LogP contribution is -2.33. The Labute approximate surface area is 265 Å². The summed E-state index contributed by atoms with van der Waals surface area (Å²) in [6, 6.07) is 19.8. The van der Waals surface area contributed by atoms with Crippen LogP contribution in [-0.4, -0.2) is 19.6 Å². The number of benzene rings is 3. The topological polar surface area (TPSA) is 59.6 Å². The molecule has 5 nitrogen and oxygen atoms in total. The van der Waals surface area contributed by atoms with Crippen molar-refractivity contribution in [1.82, 2.24) is 0 Å². The van der Waals surface area contributed by atoms with Crippen molar-refractivity contribution in [2.24, 2.45) is 0 Å². The molecule has 0 amide bonds. The Morgan fingerprint density at radius 2 is 1.14 bits per heavy atom. The van der Waals surface area contributed by atoms with Gasteiger partial charge in [0.25, 0.3) is 0 Å². The smallest absolute Gasteiger partial charge is 0.340 e. The molecule has 2 heterocycles. The fourth-order valence-electron chi connectivity index (χ4n) is 6.85. The van der Waals surface area contributed by atoms with E-state index in [1.807, 2.05) is 55.6 Å². The molecule has 0 radical (unpaired) electrons. The number of carbonyl (C=O) groups excluding carboxylic acids is 1. The molecule has 0 saturated heterocycles. The average Bonchev–Trinajstić information content (AvgIpc) is 3.34. The Morgan fingerprint density at radius 3 is 1.73 bits per heavy atom. The van der Waals surface area contributed by atoms with Gasteiger partial charge in [-0.15, -0.1) is 0 Å². The third-order valence-electron chi connectivity index (χ3n) is 9.36. The van der Waals surface area contributed by atoms with Crippen molar-refractivity contribution in [2.75, 3.05) is 24.2 Å². The monoisotopic (exact) mass is 596 g/mol. The highest BCUT2D eigenvalue weighted by atomic mass is 16.6. The predicted molar refractivity (Wildman–Crippen MR) is 182 cm³/mol. The van der Waals surface area contributed by atoms with Crippen LogP contribution in [-0.2, 0) is 10.3 Å². The van der Waals surface area contributed by atoms with E-state index in [4.69, 9.17) is 9.47 Å². The van der Waals surface area contributed by atoms with E-state index >= 15 is 0 Å². The molecule has 2 aliphatic heterocycles. The minimum atomic E-state index is -1.02. The van der Waals surface area contributed by atoms with E-state index in [0.29, 0.717) is 17.1 Å². The second kappa shape index (κ2) is 16.0. The quantitative estimate of drug-likeness (QED) is 0.106. The van der Waals surface area contributed by atoms with Crippen molar-refractivity contribution in [3.63, 3.8) is 0 Å². The van der Waals surface area contributed by atoms with E-state index in [0.717, 1.165) is 41.0 Å². The number of carbonyl (C=O) groups is 1. The molecule has 3 aromatic rings. The molecule has 1 spiro atoms. The number of hydrogen-bond acceptors (Lipinski definition) is 5. The van der Waals surface area contributed by atoms with Crippen molar-refractivity contribution in [3.05, 3.63) is 82.9 Å². The van der Waals surface area contributed by atoms with Gasteiger partial charge in [0.05, 0.1) is 5.56 Å². The van der Waals surface area contributed by atoms with Gasteiger partial charge in [-0.1, -0.05) is 121 Å². The van der Waals surface area contributed by atoms with E-state index in [2.05, 4.69) is 29.7 Å². The van der Waals surface area contributed by atoms with Gasteiger partial charge in [0.2, 0.25) is 0 Å². The Kier molecular flexibility index (Phi) is 11.6. The molecule has 0 bridgehead atoms. The van der Waals surface area contributed by atoms with Gasteiger partial charge in [-0.25, -0.2) is 4.79 Å². The molecule has 3 aromatic carbocycles. The van der Waals surface area contributed by atoms with Crippen LogP contribution in [0.4, 0.5) is 11.4 Å². The SMILES string of the molecule is CCCCCCCCCCCCCCCCCCNc1ccc2c(c1)Oc1cc(NC)ccc1C21OC(=O)c2ccccc21. The van der Waals surface area contributed by atoms with Gasteiger partial charge >= 0.3 is 5.97 Å². The summed E-state index contributed by atoms with van der Waals surface area (Å²) in [7, 11) is 1.89. The van der Waals surface area contributed by atoms with Gasteiger partial charge in [-0.05, 0) is 36.8 Å². The van der Waals surface area contributed by atoms with E-state index in [9.17, 15) is 4.79 Å². The first kappa shape index (κ1) is 31.9. The normalized spacial score (nSPS) is 16.2. The molecule has 2 aliphatic rings. The summed E-state index contributed by atoms with van der Waals surface area (Å²) < 4.78 is 12.7. The van der Waals surface area contributed by atoms with E-state index in [1.165, 1.54) is 96.3 Å². The molecule has 236 valence electrons. The van der Waals surface area contributed by atoms with Crippen molar-refractivity contribution >= 4 is 17.3 Å². The molecule has 0 saturated carbocycles. The zero-order valence-electron chi connectivity index (χ0n) is 27.0. The zero-order valence-corrected chi connectivity index (χ0v) is 27.0. The number of rotatable bonds is 19. The Hall–Kier alpha value is -3.47. The lowest BCUT2D eigenvalue weighted by atomic mass is 9.77. The van der Waals surface area contributed by atoms with Crippen LogP contribution in [0.15, 0.2) is 60.7 Å². The zero-order chi connectivity index (χ0) is 30.6. The summed E-state index contributed by atoms with van der Waals surface area (Å²) in [5, 5.41) is 6.79. The van der Waals surface area contributed by atoms with Gasteiger partial charge in [0.1, 0.15) is 11.5 Å². The lowest BCUT2D eigenvalue weighted by Gasteiger charge is -2.36. The van der Waals surface area contributed by atoms with Crippen molar-refractivity contribution in [2.45, 2.75) is 115 Å². The Morgan fingerprint density at radius 1 is 0.614 bits per heavy atom. The van der Waals surface area contributed by atoms with Crippen LogP contribution in [0, 0.1) is 0 Å². The number of esters is 1. The maximum Gasteiger partial charge on any atom is 0.340 e. The van der Waals surface area contributed by atoms with Crippen LogP contribution in [0.25, 0.3) is 0 Å². The summed E-state index contributed by atoms with van der Waals surface area (Å²) in [6.45, 7) is 3.22. The van der Waals surface area contributed by atoms with Gasteiger partial charge < -0.3 is 20.1 Å². The third-order valence-corrected chi connectivity index (χ3v) is 9.36. The number of ether oxygens (including phenoxy) is 2. The minimum absolute atomic E-state index is 0.303. The first-order chi connectivity index (χ1) is 21.7. The van der Waals surface area contributed by atoms with Crippen molar-refractivity contribution in [1.29, 1.82) is 0 Å². The third kappa shape index (κ3) is 7.42. The van der Waals surface area contributed by atoms with Gasteiger partial charge in [0.15, 0.2) is 5.60 Å². The average molecular weight is 597 g/mol. The molecule has 44 heavy (non-hydrogen) atoms. The van der Waals surface area contributed by atoms with Crippen LogP contribution in [0.2, 0.25) is 0 Å². The van der Waals surface area contributed by atoms with Crippen LogP contribution in [0.1, 0.15) is 137 Å². The molecule has 2 N–H and O–H groups in total.